The second-order valence-electron chi connectivity index (χ2n) is 9.41. The zero-order valence-electron chi connectivity index (χ0n) is 20.8. The van der Waals surface area contributed by atoms with E-state index >= 15 is 0 Å². The van der Waals surface area contributed by atoms with Crippen LogP contribution in [-0.4, -0.2) is 64.3 Å². The molecule has 0 spiro atoms. The van der Waals surface area contributed by atoms with Gasteiger partial charge in [-0.25, -0.2) is 9.97 Å². The molecule has 4 N–H and O–H groups in total. The second kappa shape index (κ2) is 10.8. The summed E-state index contributed by atoms with van der Waals surface area (Å²) in [6.07, 6.45) is 4.02. The van der Waals surface area contributed by atoms with Gasteiger partial charge in [0.2, 0.25) is 11.7 Å². The molecule has 0 bridgehead atoms. The number of ether oxygens (including phenoxy) is 1. The maximum atomic E-state index is 12.0. The van der Waals surface area contributed by atoms with E-state index < -0.39 is 0 Å². The van der Waals surface area contributed by atoms with Crippen molar-refractivity contribution in [3.8, 4) is 5.75 Å². The van der Waals surface area contributed by atoms with E-state index in [4.69, 9.17) is 14.7 Å². The number of aromatic amines is 1. The Morgan fingerprint density at radius 1 is 1.11 bits per heavy atom. The Labute approximate surface area is 215 Å². The number of amides is 1. The molecule has 36 heavy (non-hydrogen) atoms. The fourth-order valence-electron chi connectivity index (χ4n) is 4.10. The molecule has 10 nitrogen and oxygen atoms in total. The average molecular weight is 509 g/mol. The summed E-state index contributed by atoms with van der Waals surface area (Å²) >= 11 is 1.45. The van der Waals surface area contributed by atoms with Gasteiger partial charge >= 0.3 is 0 Å². The van der Waals surface area contributed by atoms with Crippen LogP contribution in [0.2, 0.25) is 0 Å². The lowest BCUT2D eigenvalue weighted by atomic mass is 10.1. The van der Waals surface area contributed by atoms with Gasteiger partial charge in [-0.15, -0.1) is 0 Å². The van der Waals surface area contributed by atoms with Gasteiger partial charge in [0, 0.05) is 34.3 Å². The molecular formula is C25H32N8O2S. The average Bonchev–Trinajstić information content (AvgIpc) is 3.64. The molecule has 0 atom stereocenters. The monoisotopic (exact) mass is 508 g/mol. The summed E-state index contributed by atoms with van der Waals surface area (Å²) in [5, 5.41) is 17.7. The van der Waals surface area contributed by atoms with Crippen LogP contribution in [-0.2, 0) is 4.79 Å². The minimum Gasteiger partial charge on any atom is -0.490 e. The van der Waals surface area contributed by atoms with Crippen LogP contribution in [0.4, 0.5) is 23.1 Å². The van der Waals surface area contributed by atoms with Gasteiger partial charge in [-0.1, -0.05) is 0 Å². The van der Waals surface area contributed by atoms with Crippen molar-refractivity contribution in [2.45, 2.75) is 48.7 Å². The lowest BCUT2D eigenvalue weighted by Crippen LogP contribution is -2.37. The highest BCUT2D eigenvalue weighted by Gasteiger charge is 2.29. The maximum Gasteiger partial charge on any atom is 0.227 e. The first-order chi connectivity index (χ1) is 17.5. The van der Waals surface area contributed by atoms with E-state index in [0.29, 0.717) is 34.4 Å². The SMILES string of the molecule is COc1c(Nc2cc(C)[nH]n2)nc(Sc2ccc(NC(=O)C3CC3)cc2)nc1NC1CCN(C)CC1. The number of hydrogen-bond donors (Lipinski definition) is 4. The van der Waals surface area contributed by atoms with Crippen molar-refractivity contribution in [2.75, 3.05) is 43.2 Å². The zero-order chi connectivity index (χ0) is 25.1. The van der Waals surface area contributed by atoms with E-state index in [1.165, 1.54) is 11.8 Å². The summed E-state index contributed by atoms with van der Waals surface area (Å²) in [6.45, 7) is 4.02. The third kappa shape index (κ3) is 6.08. The third-order valence-electron chi connectivity index (χ3n) is 6.34. The first-order valence-electron chi connectivity index (χ1n) is 12.3. The van der Waals surface area contributed by atoms with Crippen LogP contribution in [0, 0.1) is 12.8 Å². The lowest BCUT2D eigenvalue weighted by Gasteiger charge is -2.30. The van der Waals surface area contributed by atoms with Gasteiger partial charge < -0.3 is 25.6 Å². The van der Waals surface area contributed by atoms with Crippen LogP contribution >= 0.6 is 11.8 Å². The Bertz CT molecular complexity index is 1200. The first-order valence-corrected chi connectivity index (χ1v) is 13.1. The van der Waals surface area contributed by atoms with Crippen LogP contribution in [0.3, 0.4) is 0 Å². The van der Waals surface area contributed by atoms with Gasteiger partial charge in [0.25, 0.3) is 0 Å². The molecule has 3 aromatic rings. The summed E-state index contributed by atoms with van der Waals surface area (Å²) in [4.78, 5) is 24.9. The third-order valence-corrected chi connectivity index (χ3v) is 7.21. The van der Waals surface area contributed by atoms with Gasteiger partial charge in [-0.2, -0.15) is 5.10 Å². The highest BCUT2D eigenvalue weighted by Crippen LogP contribution is 2.37. The number of anilines is 4. The number of aromatic nitrogens is 4. The van der Waals surface area contributed by atoms with Gasteiger partial charge in [-0.3, -0.25) is 9.89 Å². The molecule has 2 aromatic heterocycles. The van der Waals surface area contributed by atoms with Gasteiger partial charge in [0.15, 0.2) is 22.6 Å². The topological polar surface area (TPSA) is 120 Å². The number of aryl methyl sites for hydroxylation is 1. The van der Waals surface area contributed by atoms with Crippen LogP contribution < -0.4 is 20.7 Å². The number of methoxy groups -OCH3 is 1. The van der Waals surface area contributed by atoms with E-state index in [2.05, 4.69) is 38.1 Å². The van der Waals surface area contributed by atoms with Crippen molar-refractivity contribution in [3.63, 3.8) is 0 Å². The lowest BCUT2D eigenvalue weighted by molar-refractivity contribution is -0.117. The molecule has 2 aliphatic rings. The smallest absolute Gasteiger partial charge is 0.227 e. The number of likely N-dealkylation sites (tertiary alicyclic amines) is 1. The summed E-state index contributed by atoms with van der Waals surface area (Å²) in [6, 6.07) is 9.97. The van der Waals surface area contributed by atoms with Gasteiger partial charge in [0.1, 0.15) is 0 Å². The predicted octanol–water partition coefficient (Wildman–Crippen LogP) is 4.27. The first kappa shape index (κ1) is 24.4. The van der Waals surface area contributed by atoms with Crippen molar-refractivity contribution in [3.05, 3.63) is 36.0 Å². The Morgan fingerprint density at radius 2 is 1.83 bits per heavy atom. The molecule has 11 heteroatoms. The number of carbonyl (C=O) groups is 1. The Morgan fingerprint density at radius 3 is 2.47 bits per heavy atom. The number of nitrogens with one attached hydrogen (secondary N) is 4. The minimum atomic E-state index is 0.0998. The maximum absolute atomic E-state index is 12.0. The highest BCUT2D eigenvalue weighted by atomic mass is 32.2. The van der Waals surface area contributed by atoms with Crippen molar-refractivity contribution in [2.24, 2.45) is 5.92 Å². The number of hydrogen-bond acceptors (Lipinski definition) is 9. The summed E-state index contributed by atoms with van der Waals surface area (Å²) in [5.74, 6) is 2.69. The molecule has 3 heterocycles. The predicted molar refractivity (Wildman–Crippen MR) is 141 cm³/mol. The number of benzene rings is 1. The van der Waals surface area contributed by atoms with E-state index in [-0.39, 0.29) is 11.8 Å². The summed E-state index contributed by atoms with van der Waals surface area (Å²) in [7, 11) is 3.77. The van der Waals surface area contributed by atoms with Gasteiger partial charge in [0.05, 0.1) is 7.11 Å². The summed E-state index contributed by atoms with van der Waals surface area (Å²) < 4.78 is 5.75. The van der Waals surface area contributed by atoms with E-state index in [0.717, 1.165) is 55.0 Å². The molecule has 0 radical (unpaired) electrons. The Balaban J connectivity index is 1.38. The molecular weight excluding hydrogens is 476 g/mol. The Kier molecular flexibility index (Phi) is 7.28. The number of carbonyl (C=O) groups excluding carboxylic acids is 1. The number of nitrogens with zero attached hydrogens (tertiary/aromatic N) is 4. The minimum absolute atomic E-state index is 0.0998. The largest absolute Gasteiger partial charge is 0.490 e. The van der Waals surface area contributed by atoms with E-state index in [1.807, 2.05) is 37.3 Å². The van der Waals surface area contributed by atoms with Crippen molar-refractivity contribution < 1.29 is 9.53 Å². The summed E-state index contributed by atoms with van der Waals surface area (Å²) in [5.41, 5.74) is 1.74. The standard InChI is InChI=1S/C25H32N8O2S/c1-15-14-20(32-31-15)28-23-21(35-3)22(26-18-10-12-33(2)13-11-18)29-25(30-23)36-19-8-6-17(7-9-19)27-24(34)16-4-5-16/h6-9,14,16,18H,4-5,10-13H2,1-3H3,(H,27,34)(H3,26,28,29,30,31,32). The van der Waals surface area contributed by atoms with Crippen molar-refractivity contribution in [1.82, 2.24) is 25.1 Å². The fraction of sp³-hybridized carbons (Fsp3) is 0.440. The molecule has 1 amide bonds. The Hall–Kier alpha value is -3.31. The van der Waals surface area contributed by atoms with Crippen LogP contribution in [0.25, 0.3) is 0 Å². The second-order valence-corrected chi connectivity index (χ2v) is 10.5. The highest BCUT2D eigenvalue weighted by molar-refractivity contribution is 7.99. The molecule has 2 fully saturated rings. The normalized spacial score (nSPS) is 16.5. The molecule has 1 aliphatic carbocycles. The molecule has 5 rings (SSSR count). The van der Waals surface area contributed by atoms with Crippen LogP contribution in [0.1, 0.15) is 31.4 Å². The molecule has 1 saturated heterocycles. The molecule has 190 valence electrons. The van der Waals surface area contributed by atoms with Crippen LogP contribution in [0.15, 0.2) is 40.4 Å². The quantitative estimate of drug-likeness (QED) is 0.314. The van der Waals surface area contributed by atoms with Crippen LogP contribution in [0.5, 0.6) is 5.75 Å². The molecule has 1 aromatic carbocycles. The zero-order valence-corrected chi connectivity index (χ0v) is 21.6. The number of H-pyrrole nitrogens is 1. The number of rotatable bonds is 9. The van der Waals surface area contributed by atoms with E-state index in [1.54, 1.807) is 7.11 Å². The van der Waals surface area contributed by atoms with Crippen molar-refractivity contribution in [1.29, 1.82) is 0 Å². The van der Waals surface area contributed by atoms with E-state index in [9.17, 15) is 4.79 Å². The van der Waals surface area contributed by atoms with Gasteiger partial charge in [-0.05, 0) is 88.8 Å². The molecule has 1 aliphatic heterocycles. The molecule has 1 saturated carbocycles. The fourth-order valence-corrected chi connectivity index (χ4v) is 4.86. The molecule has 0 unspecified atom stereocenters. The van der Waals surface area contributed by atoms with Crippen molar-refractivity contribution >= 4 is 40.8 Å². The number of piperidine rings is 1.